The molecule has 0 aliphatic heterocycles. The molecule has 3 atom stereocenters. The monoisotopic (exact) mass is 895 g/mol. The Hall–Kier alpha value is -2.97. The van der Waals surface area contributed by atoms with Crippen molar-refractivity contribution in [1.82, 2.24) is 0 Å². The van der Waals surface area contributed by atoms with Crippen LogP contribution < -0.4 is 0 Å². The van der Waals surface area contributed by atoms with Crippen molar-refractivity contribution in [2.75, 3.05) is 0 Å². The summed E-state index contributed by atoms with van der Waals surface area (Å²) in [5.41, 5.74) is 3.72. The number of rotatable bonds is 15. The fourth-order valence-electron chi connectivity index (χ4n) is 10.1. The Balaban J connectivity index is 0.000000208. The molecule has 3 aliphatic carbocycles. The molecule has 63 heavy (non-hydrogen) atoms. The molecule has 3 fully saturated rings. The number of halogens is 9. The fourth-order valence-corrected chi connectivity index (χ4v) is 10.1. The highest BCUT2D eigenvalue weighted by atomic mass is 19.3. The quantitative estimate of drug-likeness (QED) is 0.133. The van der Waals surface area contributed by atoms with Gasteiger partial charge in [0.2, 0.25) is 0 Å². The van der Waals surface area contributed by atoms with Crippen LogP contribution in [-0.2, 0) is 0 Å². The first-order chi connectivity index (χ1) is 29.7. The van der Waals surface area contributed by atoms with E-state index in [-0.39, 0.29) is 16.7 Å². The molecule has 0 heterocycles. The van der Waals surface area contributed by atoms with Gasteiger partial charge in [-0.05, 0) is 146 Å². The van der Waals surface area contributed by atoms with Crippen molar-refractivity contribution in [2.45, 2.75) is 211 Å². The Labute approximate surface area is 373 Å². The molecule has 3 unspecified atom stereocenters. The van der Waals surface area contributed by atoms with Crippen molar-refractivity contribution in [2.24, 2.45) is 17.8 Å². The molecule has 0 nitrogen and oxygen atoms in total. The van der Waals surface area contributed by atoms with Gasteiger partial charge in [0.1, 0.15) is 0 Å². The van der Waals surface area contributed by atoms with E-state index in [1.54, 1.807) is 0 Å². The van der Waals surface area contributed by atoms with Crippen molar-refractivity contribution < 1.29 is 39.5 Å². The largest absolute Gasteiger partial charge is 0.280 e. The summed E-state index contributed by atoms with van der Waals surface area (Å²) in [6.07, 6.45) is 15.5. The lowest BCUT2D eigenvalue weighted by atomic mass is 9.77. The van der Waals surface area contributed by atoms with E-state index in [2.05, 4.69) is 20.8 Å². The summed E-state index contributed by atoms with van der Waals surface area (Å²) in [7, 11) is 0. The van der Waals surface area contributed by atoms with Crippen LogP contribution in [0.25, 0.3) is 0 Å². The number of alkyl halides is 9. The Morgan fingerprint density at radius 1 is 0.397 bits per heavy atom. The van der Waals surface area contributed by atoms with Crippen LogP contribution in [0.15, 0.2) is 72.8 Å². The summed E-state index contributed by atoms with van der Waals surface area (Å²) < 4.78 is 119. The minimum atomic E-state index is -3.32. The molecule has 3 aliphatic rings. The SMILES string of the molecule is CCC1CCC(c2ccc(C(F)C(C)(F)F)cc2)CC1.CCCC1CCC(c2ccc(C(F)C(C)(F)F)cc2)CC1.CCCCC1CCC(c2ccc(C(F)C(C)(F)F)cc2)CC1. The minimum absolute atomic E-state index is 0.0727. The van der Waals surface area contributed by atoms with Crippen molar-refractivity contribution in [3.05, 3.63) is 106 Å². The Kier molecular flexibility index (Phi) is 20.5. The van der Waals surface area contributed by atoms with E-state index in [1.807, 2.05) is 36.4 Å². The van der Waals surface area contributed by atoms with Crippen LogP contribution in [0.2, 0.25) is 0 Å². The predicted molar refractivity (Wildman–Crippen MR) is 242 cm³/mol. The zero-order chi connectivity index (χ0) is 46.4. The summed E-state index contributed by atoms with van der Waals surface area (Å²) in [4.78, 5) is 0. The van der Waals surface area contributed by atoms with Crippen LogP contribution in [0, 0.1) is 17.8 Å². The molecule has 3 saturated carbocycles. The lowest BCUT2D eigenvalue weighted by Crippen LogP contribution is -2.18. The maximum atomic E-state index is 13.6. The van der Waals surface area contributed by atoms with E-state index in [9.17, 15) is 39.5 Å². The number of unbranched alkanes of at least 4 members (excludes halogenated alkanes) is 1. The molecular weight excluding hydrogens is 820 g/mol. The molecule has 0 radical (unpaired) electrons. The highest BCUT2D eigenvalue weighted by Crippen LogP contribution is 2.42. The summed E-state index contributed by atoms with van der Waals surface area (Å²) in [6.45, 7) is 8.56. The van der Waals surface area contributed by atoms with Crippen LogP contribution >= 0.6 is 0 Å². The first-order valence-electron chi connectivity index (χ1n) is 24.1. The second kappa shape index (κ2) is 24.5. The second-order valence-corrected chi connectivity index (χ2v) is 19.4. The van der Waals surface area contributed by atoms with Crippen molar-refractivity contribution in [1.29, 1.82) is 0 Å². The van der Waals surface area contributed by atoms with E-state index in [0.29, 0.717) is 38.5 Å². The van der Waals surface area contributed by atoms with Gasteiger partial charge < -0.3 is 0 Å². The molecule has 0 bridgehead atoms. The van der Waals surface area contributed by atoms with E-state index in [4.69, 9.17) is 0 Å². The van der Waals surface area contributed by atoms with Crippen LogP contribution in [0.3, 0.4) is 0 Å². The molecule has 6 rings (SSSR count). The molecular formula is C54H75F9. The molecule has 3 aromatic carbocycles. The van der Waals surface area contributed by atoms with Gasteiger partial charge in [-0.1, -0.05) is 132 Å². The second-order valence-electron chi connectivity index (χ2n) is 19.4. The van der Waals surface area contributed by atoms with Gasteiger partial charge in [0.15, 0.2) is 18.5 Å². The summed E-state index contributed by atoms with van der Waals surface area (Å²) in [6, 6.07) is 20.1. The van der Waals surface area contributed by atoms with Gasteiger partial charge in [-0.25, -0.2) is 39.5 Å². The minimum Gasteiger partial charge on any atom is -0.236 e. The summed E-state index contributed by atoms with van der Waals surface area (Å²) >= 11 is 0. The molecule has 354 valence electrons. The van der Waals surface area contributed by atoms with Gasteiger partial charge in [0.25, 0.3) is 17.8 Å². The van der Waals surface area contributed by atoms with E-state index < -0.39 is 36.3 Å². The molecule has 0 N–H and O–H groups in total. The first-order valence-corrected chi connectivity index (χ1v) is 24.1. The molecule has 0 spiro atoms. The molecule has 0 saturated heterocycles. The van der Waals surface area contributed by atoms with Crippen molar-refractivity contribution in [3.63, 3.8) is 0 Å². The van der Waals surface area contributed by atoms with Gasteiger partial charge in [-0.2, -0.15) is 0 Å². The van der Waals surface area contributed by atoms with Gasteiger partial charge in [-0.3, -0.25) is 0 Å². The zero-order valence-corrected chi connectivity index (χ0v) is 38.8. The third-order valence-electron chi connectivity index (χ3n) is 14.2. The van der Waals surface area contributed by atoms with E-state index in [0.717, 1.165) is 61.8 Å². The van der Waals surface area contributed by atoms with Gasteiger partial charge in [-0.15, -0.1) is 0 Å². The maximum Gasteiger partial charge on any atom is 0.280 e. The van der Waals surface area contributed by atoms with Crippen molar-refractivity contribution >= 4 is 0 Å². The van der Waals surface area contributed by atoms with Gasteiger partial charge >= 0.3 is 0 Å². The fraction of sp³-hybridized carbons (Fsp3) is 0.667. The van der Waals surface area contributed by atoms with Crippen LogP contribution in [0.5, 0.6) is 0 Å². The lowest BCUT2D eigenvalue weighted by Gasteiger charge is -2.29. The zero-order valence-electron chi connectivity index (χ0n) is 38.8. The average Bonchev–Trinajstić information content (AvgIpc) is 3.28. The van der Waals surface area contributed by atoms with E-state index >= 15 is 0 Å². The topological polar surface area (TPSA) is 0 Å². The number of benzene rings is 3. The summed E-state index contributed by atoms with van der Waals surface area (Å²) in [5, 5.41) is 0. The highest BCUT2D eigenvalue weighted by molar-refractivity contribution is 5.30. The Bertz CT molecular complexity index is 1680. The smallest absolute Gasteiger partial charge is 0.236 e. The summed E-state index contributed by atoms with van der Waals surface area (Å²) in [5.74, 6) is -5.91. The average molecular weight is 895 g/mol. The normalized spacial score (nSPS) is 24.8. The van der Waals surface area contributed by atoms with Gasteiger partial charge in [0.05, 0.1) is 0 Å². The van der Waals surface area contributed by atoms with Crippen molar-refractivity contribution in [3.8, 4) is 0 Å². The third kappa shape index (κ3) is 16.5. The van der Waals surface area contributed by atoms with Crippen LogP contribution in [0.4, 0.5) is 39.5 Å². The number of hydrogen-bond donors (Lipinski definition) is 0. The van der Waals surface area contributed by atoms with Crippen LogP contribution in [0.1, 0.15) is 227 Å². The van der Waals surface area contributed by atoms with Crippen LogP contribution in [-0.4, -0.2) is 17.8 Å². The predicted octanol–water partition coefficient (Wildman–Crippen LogP) is 19.3. The standard InChI is InChI=1S/C19H27F3.C18H25F3.C17H23F3/c1-3-4-5-14-6-8-15(9-7-14)16-10-12-17(13-11-16)18(20)19(2,21)22;1-3-4-13-5-7-14(8-6-13)15-9-11-16(12-10-15)17(19)18(2,20)21;1-3-12-4-6-13(7-5-12)14-8-10-15(11-9-14)16(18)17(2,19)20/h10-15,18H,3-9H2,1-2H3;9-14,17H,3-8H2,1-2H3;8-13,16H,3-7H2,1-2H3. The highest BCUT2D eigenvalue weighted by Gasteiger charge is 2.37. The molecule has 3 aromatic rings. The number of hydrogen-bond acceptors (Lipinski definition) is 0. The molecule has 0 amide bonds. The van der Waals surface area contributed by atoms with E-state index in [1.165, 1.54) is 125 Å². The Morgan fingerprint density at radius 2 is 0.667 bits per heavy atom. The van der Waals surface area contributed by atoms with Gasteiger partial charge in [0, 0.05) is 20.8 Å². The maximum absolute atomic E-state index is 13.6. The Morgan fingerprint density at radius 3 is 0.905 bits per heavy atom. The lowest BCUT2D eigenvalue weighted by molar-refractivity contribution is -0.0569. The first kappa shape index (κ1) is 52.7. The molecule has 0 aromatic heterocycles. The molecule has 9 heteroatoms. The third-order valence-corrected chi connectivity index (χ3v) is 14.2.